The minimum Gasteiger partial charge on any atom is -0.394 e. The molecule has 5 heteroatoms. The zero-order valence-corrected chi connectivity index (χ0v) is 10.2. The topological polar surface area (TPSA) is 75.8 Å². The van der Waals surface area contributed by atoms with Crippen LogP contribution in [0, 0.1) is 5.41 Å². The fourth-order valence-electron chi connectivity index (χ4n) is 2.86. The SMILES string of the molecule is NCC1(C(=O)N2CCCC2CO)CCOCC1. The summed E-state index contributed by atoms with van der Waals surface area (Å²) in [5.74, 6) is 0.125. The molecule has 0 aromatic carbocycles. The molecule has 2 aliphatic heterocycles. The van der Waals surface area contributed by atoms with Crippen LogP contribution in [0.15, 0.2) is 0 Å². The van der Waals surface area contributed by atoms with Crippen LogP contribution in [0.5, 0.6) is 0 Å². The van der Waals surface area contributed by atoms with Crippen LogP contribution in [0.2, 0.25) is 0 Å². The van der Waals surface area contributed by atoms with Crippen LogP contribution in [0.25, 0.3) is 0 Å². The quantitative estimate of drug-likeness (QED) is 0.714. The average Bonchev–Trinajstić information content (AvgIpc) is 2.86. The summed E-state index contributed by atoms with van der Waals surface area (Å²) in [7, 11) is 0. The van der Waals surface area contributed by atoms with Crippen LogP contribution in [-0.2, 0) is 9.53 Å². The summed E-state index contributed by atoms with van der Waals surface area (Å²) < 4.78 is 5.32. The summed E-state index contributed by atoms with van der Waals surface area (Å²) in [5.41, 5.74) is 5.38. The fourth-order valence-corrected chi connectivity index (χ4v) is 2.86. The molecule has 1 amide bonds. The first-order chi connectivity index (χ1) is 8.23. The van der Waals surface area contributed by atoms with Gasteiger partial charge in [-0.25, -0.2) is 0 Å². The normalized spacial score (nSPS) is 28.4. The number of carbonyl (C=O) groups excluding carboxylic acids is 1. The number of hydrogen-bond acceptors (Lipinski definition) is 4. The lowest BCUT2D eigenvalue weighted by Crippen LogP contribution is -2.52. The molecule has 1 atom stereocenters. The molecule has 0 spiro atoms. The number of rotatable bonds is 3. The number of likely N-dealkylation sites (tertiary alicyclic amines) is 1. The van der Waals surface area contributed by atoms with E-state index in [0.29, 0.717) is 32.6 Å². The standard InChI is InChI=1S/C12H22N2O3/c13-9-12(3-6-17-7-4-12)11(16)14-5-1-2-10(14)8-15/h10,15H,1-9,13H2. The lowest BCUT2D eigenvalue weighted by Gasteiger charge is -2.39. The van der Waals surface area contributed by atoms with E-state index in [4.69, 9.17) is 10.5 Å². The summed E-state index contributed by atoms with van der Waals surface area (Å²) in [5, 5.41) is 9.29. The van der Waals surface area contributed by atoms with Crippen LogP contribution in [0.4, 0.5) is 0 Å². The third kappa shape index (κ3) is 2.32. The molecule has 2 saturated heterocycles. The second-order valence-electron chi connectivity index (χ2n) is 5.07. The van der Waals surface area contributed by atoms with Crippen molar-refractivity contribution >= 4 is 5.91 Å². The molecule has 2 fully saturated rings. The maximum absolute atomic E-state index is 12.6. The third-order valence-corrected chi connectivity index (χ3v) is 4.14. The Hall–Kier alpha value is -0.650. The zero-order chi connectivity index (χ0) is 12.3. The highest BCUT2D eigenvalue weighted by Crippen LogP contribution is 2.34. The first-order valence-corrected chi connectivity index (χ1v) is 6.43. The number of aliphatic hydroxyl groups excluding tert-OH is 1. The van der Waals surface area contributed by atoms with Crippen molar-refractivity contribution in [1.29, 1.82) is 0 Å². The van der Waals surface area contributed by atoms with Gasteiger partial charge in [-0.15, -0.1) is 0 Å². The van der Waals surface area contributed by atoms with Gasteiger partial charge in [-0.1, -0.05) is 0 Å². The van der Waals surface area contributed by atoms with E-state index in [1.165, 1.54) is 0 Å². The maximum atomic E-state index is 12.6. The van der Waals surface area contributed by atoms with Gasteiger partial charge in [0.15, 0.2) is 0 Å². The molecule has 0 bridgehead atoms. The van der Waals surface area contributed by atoms with Crippen molar-refractivity contribution in [2.24, 2.45) is 11.1 Å². The first kappa shape index (κ1) is 12.8. The Morgan fingerprint density at radius 3 is 2.76 bits per heavy atom. The Labute approximate surface area is 102 Å². The Morgan fingerprint density at radius 2 is 2.18 bits per heavy atom. The summed E-state index contributed by atoms with van der Waals surface area (Å²) in [6.45, 7) is 2.42. The molecule has 2 heterocycles. The highest BCUT2D eigenvalue weighted by atomic mass is 16.5. The van der Waals surface area contributed by atoms with Crippen molar-refractivity contribution in [3.63, 3.8) is 0 Å². The van der Waals surface area contributed by atoms with Gasteiger partial charge >= 0.3 is 0 Å². The first-order valence-electron chi connectivity index (χ1n) is 6.43. The van der Waals surface area contributed by atoms with Gasteiger partial charge in [-0.05, 0) is 25.7 Å². The summed E-state index contributed by atoms with van der Waals surface area (Å²) in [6.07, 6.45) is 3.29. The van der Waals surface area contributed by atoms with E-state index in [-0.39, 0.29) is 18.6 Å². The van der Waals surface area contributed by atoms with Gasteiger partial charge in [0.05, 0.1) is 18.1 Å². The van der Waals surface area contributed by atoms with E-state index in [2.05, 4.69) is 0 Å². The molecule has 0 saturated carbocycles. The van der Waals surface area contributed by atoms with Crippen molar-refractivity contribution in [2.75, 3.05) is 32.9 Å². The van der Waals surface area contributed by atoms with E-state index >= 15 is 0 Å². The third-order valence-electron chi connectivity index (χ3n) is 4.14. The Balaban J connectivity index is 2.10. The van der Waals surface area contributed by atoms with Gasteiger partial charge in [0, 0.05) is 26.3 Å². The molecule has 2 aliphatic rings. The van der Waals surface area contributed by atoms with E-state index in [0.717, 1.165) is 19.4 Å². The second kappa shape index (κ2) is 5.33. The fraction of sp³-hybridized carbons (Fsp3) is 0.917. The largest absolute Gasteiger partial charge is 0.394 e. The Kier molecular flexibility index (Phi) is 4.01. The average molecular weight is 242 g/mol. The molecular formula is C12H22N2O3. The number of nitrogens with two attached hydrogens (primary N) is 1. The van der Waals surface area contributed by atoms with Crippen molar-refractivity contribution in [3.05, 3.63) is 0 Å². The molecule has 0 aromatic heterocycles. The number of aliphatic hydroxyl groups is 1. The van der Waals surface area contributed by atoms with Gasteiger partial charge in [0.2, 0.25) is 5.91 Å². The molecule has 0 radical (unpaired) electrons. The van der Waals surface area contributed by atoms with Gasteiger partial charge < -0.3 is 20.5 Å². The monoisotopic (exact) mass is 242 g/mol. The molecule has 1 unspecified atom stereocenters. The minimum atomic E-state index is -0.448. The lowest BCUT2D eigenvalue weighted by atomic mass is 9.78. The Bertz CT molecular complexity index is 277. The van der Waals surface area contributed by atoms with E-state index in [9.17, 15) is 9.90 Å². The zero-order valence-electron chi connectivity index (χ0n) is 10.2. The minimum absolute atomic E-state index is 0.00577. The summed E-state index contributed by atoms with van der Waals surface area (Å²) in [4.78, 5) is 14.4. The predicted octanol–water partition coefficient (Wildman–Crippen LogP) is -0.275. The van der Waals surface area contributed by atoms with Gasteiger partial charge in [0.25, 0.3) is 0 Å². The van der Waals surface area contributed by atoms with E-state index in [1.807, 2.05) is 4.90 Å². The van der Waals surface area contributed by atoms with E-state index < -0.39 is 5.41 Å². The predicted molar refractivity (Wildman–Crippen MR) is 63.4 cm³/mol. The molecule has 3 N–H and O–H groups in total. The molecule has 98 valence electrons. The molecular weight excluding hydrogens is 220 g/mol. The number of ether oxygens (including phenoxy) is 1. The lowest BCUT2D eigenvalue weighted by molar-refractivity contribution is -0.148. The van der Waals surface area contributed by atoms with Gasteiger partial charge in [-0.3, -0.25) is 4.79 Å². The number of hydrogen-bond donors (Lipinski definition) is 2. The molecule has 0 aromatic rings. The van der Waals surface area contributed by atoms with Crippen molar-refractivity contribution < 1.29 is 14.6 Å². The van der Waals surface area contributed by atoms with Crippen LogP contribution in [0.1, 0.15) is 25.7 Å². The smallest absolute Gasteiger partial charge is 0.230 e. The van der Waals surface area contributed by atoms with Crippen molar-refractivity contribution in [2.45, 2.75) is 31.7 Å². The number of carbonyl (C=O) groups is 1. The number of nitrogens with zero attached hydrogens (tertiary/aromatic N) is 1. The van der Waals surface area contributed by atoms with Gasteiger partial charge in [-0.2, -0.15) is 0 Å². The van der Waals surface area contributed by atoms with Crippen LogP contribution in [0.3, 0.4) is 0 Å². The highest BCUT2D eigenvalue weighted by molar-refractivity contribution is 5.83. The highest BCUT2D eigenvalue weighted by Gasteiger charge is 2.44. The summed E-state index contributed by atoms with van der Waals surface area (Å²) >= 11 is 0. The Morgan fingerprint density at radius 1 is 1.47 bits per heavy atom. The molecule has 0 aliphatic carbocycles. The van der Waals surface area contributed by atoms with Gasteiger partial charge in [0.1, 0.15) is 0 Å². The van der Waals surface area contributed by atoms with Crippen LogP contribution < -0.4 is 5.73 Å². The molecule has 2 rings (SSSR count). The second-order valence-corrected chi connectivity index (χ2v) is 5.07. The molecule has 5 nitrogen and oxygen atoms in total. The molecule has 17 heavy (non-hydrogen) atoms. The van der Waals surface area contributed by atoms with Crippen molar-refractivity contribution in [3.8, 4) is 0 Å². The van der Waals surface area contributed by atoms with Crippen molar-refractivity contribution in [1.82, 2.24) is 4.90 Å². The van der Waals surface area contributed by atoms with E-state index in [1.54, 1.807) is 0 Å². The maximum Gasteiger partial charge on any atom is 0.230 e. The summed E-state index contributed by atoms with van der Waals surface area (Å²) in [6, 6.07) is -0.00577. The number of amides is 1. The van der Waals surface area contributed by atoms with Crippen LogP contribution >= 0.6 is 0 Å². The van der Waals surface area contributed by atoms with Crippen LogP contribution in [-0.4, -0.2) is 54.9 Å².